The minimum Gasteiger partial charge on any atom is -0.328 e. The highest BCUT2D eigenvalue weighted by Gasteiger charge is 2.21. The maximum Gasteiger partial charge on any atom is 0.345 e. The molecule has 1 fully saturated rings. The fraction of sp³-hybridized carbons (Fsp3) is 1.00. The summed E-state index contributed by atoms with van der Waals surface area (Å²) in [6, 6.07) is 0.188. The second kappa shape index (κ2) is 3.97. The lowest BCUT2D eigenvalue weighted by molar-refractivity contribution is -0.169. The first kappa shape index (κ1) is 8.87. The second-order valence-corrected chi connectivity index (χ2v) is 2.93. The molecule has 0 bridgehead atoms. The van der Waals surface area contributed by atoms with Gasteiger partial charge < -0.3 is 10.5 Å². The first-order valence-corrected chi connectivity index (χ1v) is 3.87. The van der Waals surface area contributed by atoms with Crippen LogP contribution in [0, 0.1) is 0 Å². The molecule has 0 saturated heterocycles. The lowest BCUT2D eigenvalue weighted by atomic mass is 9.94. The van der Waals surface area contributed by atoms with Gasteiger partial charge in [0.05, 0.1) is 6.10 Å². The number of nitrogens with two attached hydrogens (primary N) is 1. The monoisotopic (exact) mass is 165 g/mol. The maximum absolute atomic E-state index is 11.7. The summed E-state index contributed by atoms with van der Waals surface area (Å²) in [6.45, 7) is -2.63. The molecule has 4 heteroatoms. The minimum atomic E-state index is -2.63. The fourth-order valence-electron chi connectivity index (χ4n) is 1.37. The molecule has 0 amide bonds. The molecule has 66 valence electrons. The van der Waals surface area contributed by atoms with Crippen molar-refractivity contribution in [2.24, 2.45) is 5.73 Å². The first-order chi connectivity index (χ1) is 5.18. The number of hydrogen-bond acceptors (Lipinski definition) is 2. The van der Waals surface area contributed by atoms with Crippen molar-refractivity contribution in [3.05, 3.63) is 0 Å². The van der Waals surface area contributed by atoms with Crippen LogP contribution in [0.3, 0.4) is 0 Å². The van der Waals surface area contributed by atoms with Crippen molar-refractivity contribution in [3.8, 4) is 0 Å². The normalized spacial score (nSPS) is 32.7. The molecule has 0 radical (unpaired) electrons. The predicted octanol–water partition coefficient (Wildman–Crippen LogP) is 1.50. The summed E-state index contributed by atoms with van der Waals surface area (Å²) in [5.74, 6) is 0. The largest absolute Gasteiger partial charge is 0.345 e. The van der Waals surface area contributed by atoms with Crippen LogP contribution in [0.1, 0.15) is 25.7 Å². The molecule has 1 aliphatic carbocycles. The van der Waals surface area contributed by atoms with Crippen LogP contribution in [0.5, 0.6) is 0 Å². The van der Waals surface area contributed by atoms with Crippen LogP contribution in [0.25, 0.3) is 0 Å². The van der Waals surface area contributed by atoms with Crippen molar-refractivity contribution in [3.63, 3.8) is 0 Å². The predicted molar refractivity (Wildman–Crippen MR) is 37.3 cm³/mol. The molecule has 11 heavy (non-hydrogen) atoms. The molecule has 0 spiro atoms. The molecule has 1 saturated carbocycles. The van der Waals surface area contributed by atoms with E-state index in [1.165, 1.54) is 0 Å². The summed E-state index contributed by atoms with van der Waals surface area (Å²) in [5.41, 5.74) is 5.58. The van der Waals surface area contributed by atoms with Gasteiger partial charge in [0.1, 0.15) is 0 Å². The maximum atomic E-state index is 11.7. The number of rotatable bonds is 2. The smallest absolute Gasteiger partial charge is 0.328 e. The summed E-state index contributed by atoms with van der Waals surface area (Å²) < 4.78 is 27.7. The highest BCUT2D eigenvalue weighted by molar-refractivity contribution is 4.74. The summed E-state index contributed by atoms with van der Waals surface area (Å²) in [5, 5.41) is 0. The molecule has 1 aliphatic rings. The lowest BCUT2D eigenvalue weighted by Gasteiger charge is -2.25. The Morgan fingerprint density at radius 1 is 1.18 bits per heavy atom. The number of hydrogen-bond donors (Lipinski definition) is 1. The Kier molecular flexibility index (Phi) is 3.20. The van der Waals surface area contributed by atoms with E-state index in [0.717, 1.165) is 12.8 Å². The molecule has 0 atom stereocenters. The Morgan fingerprint density at radius 3 is 2.18 bits per heavy atom. The fourth-order valence-corrected chi connectivity index (χ4v) is 1.37. The van der Waals surface area contributed by atoms with Crippen molar-refractivity contribution in [1.82, 2.24) is 0 Å². The highest BCUT2D eigenvalue weighted by atomic mass is 19.3. The van der Waals surface area contributed by atoms with E-state index in [1.807, 2.05) is 0 Å². The van der Waals surface area contributed by atoms with E-state index in [0.29, 0.717) is 12.8 Å². The summed E-state index contributed by atoms with van der Waals surface area (Å²) in [4.78, 5) is 0. The molecule has 1 rings (SSSR count). The lowest BCUT2D eigenvalue weighted by Crippen LogP contribution is -2.31. The Hall–Kier alpha value is -0.220. The van der Waals surface area contributed by atoms with Crippen LogP contribution in [0.15, 0.2) is 0 Å². The average molecular weight is 165 g/mol. The molecule has 0 aromatic carbocycles. The van der Waals surface area contributed by atoms with Gasteiger partial charge >= 0.3 is 6.61 Å². The van der Waals surface area contributed by atoms with Gasteiger partial charge in [0, 0.05) is 6.04 Å². The zero-order valence-corrected chi connectivity index (χ0v) is 6.30. The number of alkyl halides is 2. The van der Waals surface area contributed by atoms with Crippen molar-refractivity contribution < 1.29 is 13.5 Å². The van der Waals surface area contributed by atoms with E-state index >= 15 is 0 Å². The zero-order valence-electron chi connectivity index (χ0n) is 6.30. The average Bonchev–Trinajstić information content (AvgIpc) is 1.93. The second-order valence-electron chi connectivity index (χ2n) is 2.93. The molecule has 2 nitrogen and oxygen atoms in total. The molecule has 2 N–H and O–H groups in total. The number of halogens is 2. The zero-order chi connectivity index (χ0) is 8.27. The minimum absolute atomic E-state index is 0.188. The van der Waals surface area contributed by atoms with Crippen LogP contribution < -0.4 is 5.73 Å². The molecule has 0 heterocycles. The van der Waals surface area contributed by atoms with Gasteiger partial charge in [0.2, 0.25) is 0 Å². The van der Waals surface area contributed by atoms with Crippen molar-refractivity contribution in [2.75, 3.05) is 0 Å². The van der Waals surface area contributed by atoms with Gasteiger partial charge in [-0.05, 0) is 25.7 Å². The third-order valence-electron chi connectivity index (χ3n) is 2.01. The first-order valence-electron chi connectivity index (χ1n) is 3.87. The van der Waals surface area contributed by atoms with E-state index in [1.54, 1.807) is 0 Å². The van der Waals surface area contributed by atoms with Gasteiger partial charge in [-0.3, -0.25) is 0 Å². The SMILES string of the molecule is N[C@H]1CC[C@@H](OC(F)F)CC1. The Balaban J connectivity index is 2.17. The van der Waals surface area contributed by atoms with Gasteiger partial charge in [0.15, 0.2) is 0 Å². The quantitative estimate of drug-likeness (QED) is 0.672. The Labute approximate surface area is 64.7 Å². The summed E-state index contributed by atoms with van der Waals surface area (Å²) in [7, 11) is 0. The topological polar surface area (TPSA) is 35.2 Å². The van der Waals surface area contributed by atoms with E-state index in [2.05, 4.69) is 4.74 Å². The van der Waals surface area contributed by atoms with Gasteiger partial charge in [-0.15, -0.1) is 0 Å². The number of ether oxygens (including phenoxy) is 1. The van der Waals surface area contributed by atoms with Crippen molar-refractivity contribution >= 4 is 0 Å². The van der Waals surface area contributed by atoms with Crippen molar-refractivity contribution in [1.29, 1.82) is 0 Å². The Morgan fingerprint density at radius 2 is 1.73 bits per heavy atom. The van der Waals surface area contributed by atoms with E-state index in [4.69, 9.17) is 5.73 Å². The molecule has 0 aliphatic heterocycles. The third kappa shape index (κ3) is 3.12. The van der Waals surface area contributed by atoms with E-state index in [-0.39, 0.29) is 12.1 Å². The van der Waals surface area contributed by atoms with Crippen LogP contribution in [0.2, 0.25) is 0 Å². The molecule has 0 aromatic rings. The van der Waals surface area contributed by atoms with Gasteiger partial charge in [-0.1, -0.05) is 0 Å². The Bertz CT molecular complexity index is 113. The summed E-state index contributed by atoms with van der Waals surface area (Å²) in [6.07, 6.45) is 2.68. The van der Waals surface area contributed by atoms with Crippen LogP contribution in [-0.2, 0) is 4.74 Å². The molecule has 0 aromatic heterocycles. The highest BCUT2D eigenvalue weighted by Crippen LogP contribution is 2.21. The molecular formula is C7H13F2NO. The van der Waals surface area contributed by atoms with Gasteiger partial charge in [-0.2, -0.15) is 8.78 Å². The van der Waals surface area contributed by atoms with Gasteiger partial charge in [-0.25, -0.2) is 0 Å². The van der Waals surface area contributed by atoms with Crippen LogP contribution >= 0.6 is 0 Å². The van der Waals surface area contributed by atoms with Gasteiger partial charge in [0.25, 0.3) is 0 Å². The molecule has 0 unspecified atom stereocenters. The van der Waals surface area contributed by atoms with Crippen molar-refractivity contribution in [2.45, 2.75) is 44.4 Å². The van der Waals surface area contributed by atoms with Crippen LogP contribution in [0.4, 0.5) is 8.78 Å². The molecular weight excluding hydrogens is 152 g/mol. The summed E-state index contributed by atoms with van der Waals surface area (Å²) >= 11 is 0. The third-order valence-corrected chi connectivity index (χ3v) is 2.01. The standard InChI is InChI=1S/C7H13F2NO/c8-7(9)11-6-3-1-5(10)2-4-6/h5-7H,1-4,10H2/t5-,6+. The van der Waals surface area contributed by atoms with E-state index in [9.17, 15) is 8.78 Å². The van der Waals surface area contributed by atoms with E-state index < -0.39 is 6.61 Å². The van der Waals surface area contributed by atoms with Crippen LogP contribution in [-0.4, -0.2) is 18.8 Å².